The van der Waals surface area contributed by atoms with Crippen molar-refractivity contribution in [3.63, 3.8) is 0 Å². The first kappa shape index (κ1) is 19.9. The van der Waals surface area contributed by atoms with Crippen LogP contribution in [-0.2, 0) is 16.6 Å². The Bertz CT molecular complexity index is 1130. The minimum atomic E-state index is -1.28. The summed E-state index contributed by atoms with van der Waals surface area (Å²) in [6.45, 7) is 1.84. The number of hydrogen-bond donors (Lipinski definition) is 0. The molecular weight excluding hydrogens is 391 g/mol. The molecule has 3 atom stereocenters. The molecule has 0 saturated carbocycles. The summed E-state index contributed by atoms with van der Waals surface area (Å²) in [6.07, 6.45) is 0.520. The molecule has 0 spiro atoms. The maximum absolute atomic E-state index is 14.1. The Kier molecular flexibility index (Phi) is 5.15. The van der Waals surface area contributed by atoms with Crippen LogP contribution in [-0.4, -0.2) is 34.2 Å². The van der Waals surface area contributed by atoms with Gasteiger partial charge in [-0.25, -0.2) is 4.39 Å². The second kappa shape index (κ2) is 7.78. The molecule has 1 aliphatic rings. The average molecular weight is 412 g/mol. The number of halogens is 1. The minimum absolute atomic E-state index is 0.170. The topological polar surface area (TPSA) is 83.6 Å². The van der Waals surface area contributed by atoms with Crippen LogP contribution in [0.5, 0.6) is 5.75 Å². The molecule has 4 rings (SSSR count). The second-order valence-electron chi connectivity index (χ2n) is 7.31. The normalized spacial score (nSPS) is 20.4. The number of hydrogen-bond acceptors (Lipinski definition) is 5. The monoisotopic (exact) mass is 412 g/mol. The number of esters is 1. The van der Waals surface area contributed by atoms with Crippen molar-refractivity contribution in [1.82, 2.24) is 4.57 Å². The molecule has 0 amide bonds. The number of aryl methyl sites for hydroxylation is 1. The molecule has 3 unspecified atom stereocenters. The van der Waals surface area contributed by atoms with Crippen LogP contribution < -0.4 is 4.74 Å². The van der Waals surface area contributed by atoms with E-state index in [0.717, 1.165) is 10.9 Å². The number of nitrogens with zero attached hydrogens (tertiary/aromatic N) is 2. The van der Waals surface area contributed by atoms with E-state index in [1.807, 2.05) is 42.1 Å². The Balaban J connectivity index is 1.91. The molecule has 0 aliphatic carbocycles. The van der Waals surface area contributed by atoms with Crippen LogP contribution in [0.2, 0.25) is 0 Å². The highest BCUT2D eigenvalue weighted by Gasteiger charge is 2.49. The predicted octanol–water partition coefficient (Wildman–Crippen LogP) is 3.81. The maximum atomic E-state index is 14.1. The van der Waals surface area contributed by atoms with Crippen molar-refractivity contribution in [2.75, 3.05) is 6.61 Å². The SMILES string of the molecule is CCOC(=O)CC1Oc2ccc(F)cc2C(c2cn(C)c3ccccc23)C1[N+](=O)[O-]. The van der Waals surface area contributed by atoms with Gasteiger partial charge in [-0.2, -0.15) is 0 Å². The van der Waals surface area contributed by atoms with Gasteiger partial charge >= 0.3 is 5.97 Å². The summed E-state index contributed by atoms with van der Waals surface area (Å²) in [4.78, 5) is 23.9. The number of aromatic nitrogens is 1. The number of rotatable bonds is 5. The van der Waals surface area contributed by atoms with Crippen LogP contribution in [0.3, 0.4) is 0 Å². The summed E-state index contributed by atoms with van der Waals surface area (Å²) in [5.41, 5.74) is 1.99. The van der Waals surface area contributed by atoms with Gasteiger partial charge in [-0.3, -0.25) is 14.9 Å². The van der Waals surface area contributed by atoms with E-state index >= 15 is 0 Å². The molecule has 30 heavy (non-hydrogen) atoms. The summed E-state index contributed by atoms with van der Waals surface area (Å²) in [7, 11) is 1.86. The van der Waals surface area contributed by atoms with Crippen molar-refractivity contribution in [2.45, 2.75) is 31.4 Å². The Morgan fingerprint density at radius 1 is 1.27 bits per heavy atom. The van der Waals surface area contributed by atoms with E-state index in [0.29, 0.717) is 16.9 Å². The van der Waals surface area contributed by atoms with Crippen molar-refractivity contribution in [3.05, 3.63) is 75.7 Å². The Morgan fingerprint density at radius 2 is 2.03 bits per heavy atom. The van der Waals surface area contributed by atoms with E-state index in [4.69, 9.17) is 9.47 Å². The van der Waals surface area contributed by atoms with E-state index in [9.17, 15) is 19.3 Å². The molecule has 7 nitrogen and oxygen atoms in total. The van der Waals surface area contributed by atoms with Gasteiger partial charge < -0.3 is 14.0 Å². The maximum Gasteiger partial charge on any atom is 0.309 e. The number of carbonyl (C=O) groups is 1. The lowest BCUT2D eigenvalue weighted by molar-refractivity contribution is -0.537. The summed E-state index contributed by atoms with van der Waals surface area (Å²) < 4.78 is 26.8. The van der Waals surface area contributed by atoms with Crippen molar-refractivity contribution >= 4 is 16.9 Å². The third-order valence-electron chi connectivity index (χ3n) is 5.49. The molecule has 2 heterocycles. The smallest absolute Gasteiger partial charge is 0.309 e. The van der Waals surface area contributed by atoms with Gasteiger partial charge in [0.05, 0.1) is 18.9 Å². The number of nitro groups is 1. The lowest BCUT2D eigenvalue weighted by atomic mass is 9.79. The third-order valence-corrected chi connectivity index (χ3v) is 5.49. The Morgan fingerprint density at radius 3 is 2.77 bits per heavy atom. The highest BCUT2D eigenvalue weighted by atomic mass is 19.1. The molecule has 0 N–H and O–H groups in total. The van der Waals surface area contributed by atoms with Crippen molar-refractivity contribution in [2.24, 2.45) is 7.05 Å². The van der Waals surface area contributed by atoms with Crippen LogP contribution in [0.4, 0.5) is 4.39 Å². The van der Waals surface area contributed by atoms with Gasteiger partial charge in [0.2, 0.25) is 0 Å². The molecular formula is C22H21FN2O5. The first-order chi connectivity index (χ1) is 14.4. The molecule has 156 valence electrons. The highest BCUT2D eigenvalue weighted by molar-refractivity contribution is 5.85. The van der Waals surface area contributed by atoms with Crippen LogP contribution in [0.1, 0.15) is 30.4 Å². The van der Waals surface area contributed by atoms with Gasteiger partial charge in [0.25, 0.3) is 6.04 Å². The molecule has 0 radical (unpaired) electrons. The number of ether oxygens (including phenoxy) is 2. The van der Waals surface area contributed by atoms with Gasteiger partial charge in [0.15, 0.2) is 6.10 Å². The molecule has 8 heteroatoms. The van der Waals surface area contributed by atoms with Gasteiger partial charge in [0, 0.05) is 34.6 Å². The Hall–Kier alpha value is -3.42. The molecule has 1 aromatic heterocycles. The number of carbonyl (C=O) groups excluding carboxylic acids is 1. The zero-order chi connectivity index (χ0) is 21.4. The Labute approximate surface area is 172 Å². The van der Waals surface area contributed by atoms with Gasteiger partial charge in [-0.05, 0) is 36.8 Å². The lowest BCUT2D eigenvalue weighted by Crippen LogP contribution is -2.47. The van der Waals surface area contributed by atoms with Gasteiger partial charge in [0.1, 0.15) is 11.6 Å². The number of fused-ring (bicyclic) bond motifs is 2. The molecule has 3 aromatic rings. The summed E-state index contributed by atoms with van der Waals surface area (Å²) in [5, 5.41) is 13.0. The fourth-order valence-electron chi connectivity index (χ4n) is 4.28. The quantitative estimate of drug-likeness (QED) is 0.362. The van der Waals surface area contributed by atoms with E-state index in [-0.39, 0.29) is 13.0 Å². The summed E-state index contributed by atoms with van der Waals surface area (Å²) in [6, 6.07) is 10.2. The van der Waals surface area contributed by atoms with Crippen LogP contribution in [0.25, 0.3) is 10.9 Å². The molecule has 0 fully saturated rings. The van der Waals surface area contributed by atoms with E-state index in [2.05, 4.69) is 0 Å². The average Bonchev–Trinajstić information content (AvgIpc) is 3.04. The predicted molar refractivity (Wildman–Crippen MR) is 108 cm³/mol. The van der Waals surface area contributed by atoms with Crippen molar-refractivity contribution in [3.8, 4) is 5.75 Å². The highest BCUT2D eigenvalue weighted by Crippen LogP contribution is 2.45. The van der Waals surface area contributed by atoms with Crippen LogP contribution in [0, 0.1) is 15.9 Å². The number of para-hydroxylation sites is 1. The van der Waals surface area contributed by atoms with Gasteiger partial charge in [-0.1, -0.05) is 18.2 Å². The first-order valence-electron chi connectivity index (χ1n) is 9.70. The van der Waals surface area contributed by atoms with Crippen LogP contribution in [0.15, 0.2) is 48.7 Å². The fourth-order valence-corrected chi connectivity index (χ4v) is 4.28. The first-order valence-corrected chi connectivity index (χ1v) is 9.70. The standard InChI is InChI=1S/C22H21FN2O5/c1-3-29-20(26)11-19-22(25(27)28)21(15-10-13(23)8-9-18(15)30-19)16-12-24(2)17-7-5-4-6-14(16)17/h4-10,12,19,21-22H,3,11H2,1-2H3. The fraction of sp³-hybridized carbons (Fsp3) is 0.318. The zero-order valence-electron chi connectivity index (χ0n) is 16.6. The van der Waals surface area contributed by atoms with E-state index in [1.165, 1.54) is 18.2 Å². The third kappa shape index (κ3) is 3.38. The number of benzene rings is 2. The summed E-state index contributed by atoms with van der Waals surface area (Å²) in [5.74, 6) is -1.53. The van der Waals surface area contributed by atoms with Crippen molar-refractivity contribution in [1.29, 1.82) is 0 Å². The lowest BCUT2D eigenvalue weighted by Gasteiger charge is -2.34. The second-order valence-corrected chi connectivity index (χ2v) is 7.31. The zero-order valence-corrected chi connectivity index (χ0v) is 16.6. The molecule has 2 aromatic carbocycles. The van der Waals surface area contributed by atoms with E-state index in [1.54, 1.807) is 6.92 Å². The van der Waals surface area contributed by atoms with Gasteiger partial charge in [-0.15, -0.1) is 0 Å². The summed E-state index contributed by atoms with van der Waals surface area (Å²) >= 11 is 0. The van der Waals surface area contributed by atoms with E-state index < -0.39 is 34.8 Å². The molecule has 1 aliphatic heterocycles. The minimum Gasteiger partial charge on any atom is -0.482 e. The molecule has 0 saturated heterocycles. The molecule has 0 bridgehead atoms. The van der Waals surface area contributed by atoms with Crippen molar-refractivity contribution < 1.29 is 23.6 Å². The van der Waals surface area contributed by atoms with Crippen LogP contribution >= 0.6 is 0 Å². The largest absolute Gasteiger partial charge is 0.482 e.